The summed E-state index contributed by atoms with van der Waals surface area (Å²) in [5.41, 5.74) is 6.14. The minimum atomic E-state index is -3.28. The van der Waals surface area contributed by atoms with Crippen LogP contribution in [-0.2, 0) is 9.84 Å². The molecule has 1 saturated carbocycles. The summed E-state index contributed by atoms with van der Waals surface area (Å²) >= 11 is 0. The third-order valence-electron chi connectivity index (χ3n) is 3.45. The van der Waals surface area contributed by atoms with Crippen LogP contribution in [-0.4, -0.2) is 21.3 Å². The molecule has 2 N–H and O–H groups in total. The molecular weight excluding hydrogens is 250 g/mol. The summed E-state index contributed by atoms with van der Waals surface area (Å²) in [7, 11) is -1.82. The lowest BCUT2D eigenvalue weighted by Crippen LogP contribution is -2.15. The molecule has 100 valence electrons. The summed E-state index contributed by atoms with van der Waals surface area (Å²) in [4.78, 5) is 0.256. The smallest absolute Gasteiger partial charge is 0.182 e. The Hall–Kier alpha value is -1.23. The van der Waals surface area contributed by atoms with Crippen molar-refractivity contribution in [3.8, 4) is 5.75 Å². The maximum Gasteiger partial charge on any atom is 0.182 e. The van der Waals surface area contributed by atoms with E-state index < -0.39 is 9.84 Å². The molecule has 0 heterocycles. The van der Waals surface area contributed by atoms with Crippen LogP contribution >= 0.6 is 0 Å². The van der Waals surface area contributed by atoms with E-state index in [2.05, 4.69) is 0 Å². The van der Waals surface area contributed by atoms with Gasteiger partial charge in [0.15, 0.2) is 9.84 Å². The summed E-state index contributed by atoms with van der Waals surface area (Å²) in [5.74, 6) is 0.845. The number of anilines is 1. The van der Waals surface area contributed by atoms with Gasteiger partial charge < -0.3 is 10.5 Å². The molecule has 0 saturated heterocycles. The first kappa shape index (κ1) is 13.2. The first-order valence-corrected chi connectivity index (χ1v) is 7.84. The SMILES string of the molecule is COc1cc(N)ccc1S(=O)(=O)CC1CCCC1. The molecule has 1 aromatic rings. The normalized spacial score (nSPS) is 16.9. The number of methoxy groups -OCH3 is 1. The van der Waals surface area contributed by atoms with Crippen LogP contribution in [0.3, 0.4) is 0 Å². The van der Waals surface area contributed by atoms with E-state index >= 15 is 0 Å². The van der Waals surface area contributed by atoms with Gasteiger partial charge in [0.1, 0.15) is 10.6 Å². The van der Waals surface area contributed by atoms with E-state index in [1.165, 1.54) is 7.11 Å². The molecule has 0 radical (unpaired) electrons. The van der Waals surface area contributed by atoms with E-state index in [0.717, 1.165) is 25.7 Å². The third-order valence-corrected chi connectivity index (χ3v) is 5.37. The van der Waals surface area contributed by atoms with Crippen molar-refractivity contribution >= 4 is 15.5 Å². The van der Waals surface area contributed by atoms with E-state index in [9.17, 15) is 8.42 Å². The van der Waals surface area contributed by atoms with Crippen LogP contribution in [0.25, 0.3) is 0 Å². The maximum atomic E-state index is 12.4. The van der Waals surface area contributed by atoms with E-state index in [-0.39, 0.29) is 16.6 Å². The Morgan fingerprint density at radius 2 is 2.00 bits per heavy atom. The van der Waals surface area contributed by atoms with Crippen LogP contribution < -0.4 is 10.5 Å². The van der Waals surface area contributed by atoms with Gasteiger partial charge >= 0.3 is 0 Å². The first-order chi connectivity index (χ1) is 8.53. The minimum Gasteiger partial charge on any atom is -0.495 e. The maximum absolute atomic E-state index is 12.4. The van der Waals surface area contributed by atoms with Crippen LogP contribution in [0.4, 0.5) is 5.69 Å². The Morgan fingerprint density at radius 1 is 1.33 bits per heavy atom. The quantitative estimate of drug-likeness (QED) is 0.851. The van der Waals surface area contributed by atoms with Gasteiger partial charge in [0.05, 0.1) is 12.9 Å². The minimum absolute atomic E-state index is 0.216. The monoisotopic (exact) mass is 269 g/mol. The Balaban J connectivity index is 2.28. The third kappa shape index (κ3) is 2.77. The molecule has 1 fully saturated rings. The number of rotatable bonds is 4. The van der Waals surface area contributed by atoms with E-state index in [4.69, 9.17) is 10.5 Å². The zero-order valence-corrected chi connectivity index (χ0v) is 11.4. The molecule has 4 nitrogen and oxygen atoms in total. The molecule has 0 amide bonds. The number of hydrogen-bond acceptors (Lipinski definition) is 4. The van der Waals surface area contributed by atoms with Gasteiger partial charge in [0.2, 0.25) is 0 Å². The van der Waals surface area contributed by atoms with Crippen LogP contribution in [0.5, 0.6) is 5.75 Å². The van der Waals surface area contributed by atoms with Gasteiger partial charge in [-0.15, -0.1) is 0 Å². The van der Waals surface area contributed by atoms with Crippen molar-refractivity contribution in [1.82, 2.24) is 0 Å². The van der Waals surface area contributed by atoms with Crippen molar-refractivity contribution in [2.75, 3.05) is 18.6 Å². The molecule has 0 unspecified atom stereocenters. The molecule has 2 rings (SSSR count). The van der Waals surface area contributed by atoms with Crippen LogP contribution in [0.15, 0.2) is 23.1 Å². The Morgan fingerprint density at radius 3 is 2.61 bits per heavy atom. The summed E-state index contributed by atoms with van der Waals surface area (Å²) in [6.45, 7) is 0. The van der Waals surface area contributed by atoms with Crippen LogP contribution in [0.2, 0.25) is 0 Å². The molecule has 18 heavy (non-hydrogen) atoms. The molecule has 1 aliphatic carbocycles. The van der Waals surface area contributed by atoms with Gasteiger partial charge in [0, 0.05) is 11.8 Å². The zero-order chi connectivity index (χ0) is 13.2. The average molecular weight is 269 g/mol. The fourth-order valence-corrected chi connectivity index (χ4v) is 4.38. The second-order valence-electron chi connectivity index (χ2n) is 4.84. The average Bonchev–Trinajstić information content (AvgIpc) is 2.80. The van der Waals surface area contributed by atoms with Gasteiger partial charge in [-0.05, 0) is 30.9 Å². The molecule has 0 bridgehead atoms. The molecule has 1 aromatic carbocycles. The highest BCUT2D eigenvalue weighted by molar-refractivity contribution is 7.91. The predicted octanol–water partition coefficient (Wildman–Crippen LogP) is 2.24. The topological polar surface area (TPSA) is 69.4 Å². The number of sulfone groups is 1. The molecular formula is C13H19NO3S. The van der Waals surface area contributed by atoms with Gasteiger partial charge in [-0.25, -0.2) is 8.42 Å². The van der Waals surface area contributed by atoms with Crippen molar-refractivity contribution in [2.24, 2.45) is 5.92 Å². The summed E-state index contributed by atoms with van der Waals surface area (Å²) in [5, 5.41) is 0. The van der Waals surface area contributed by atoms with E-state index in [0.29, 0.717) is 11.4 Å². The van der Waals surface area contributed by atoms with E-state index in [1.54, 1.807) is 18.2 Å². The van der Waals surface area contributed by atoms with E-state index in [1.807, 2.05) is 0 Å². The predicted molar refractivity (Wildman–Crippen MR) is 71.4 cm³/mol. The molecule has 0 aromatic heterocycles. The lowest BCUT2D eigenvalue weighted by atomic mass is 10.1. The van der Waals surface area contributed by atoms with Gasteiger partial charge in [-0.1, -0.05) is 12.8 Å². The molecule has 0 spiro atoms. The Bertz CT molecular complexity index is 519. The van der Waals surface area contributed by atoms with Crippen molar-refractivity contribution in [1.29, 1.82) is 0 Å². The van der Waals surface area contributed by atoms with Crippen LogP contribution in [0.1, 0.15) is 25.7 Å². The summed E-state index contributed by atoms with van der Waals surface area (Å²) in [6.07, 6.45) is 4.30. The molecule has 0 aliphatic heterocycles. The fraction of sp³-hybridized carbons (Fsp3) is 0.538. The number of nitrogen functional groups attached to an aromatic ring is 1. The number of nitrogens with two attached hydrogens (primary N) is 1. The first-order valence-electron chi connectivity index (χ1n) is 6.19. The van der Waals surface area contributed by atoms with Gasteiger partial charge in [-0.2, -0.15) is 0 Å². The second-order valence-corrected chi connectivity index (χ2v) is 6.84. The highest BCUT2D eigenvalue weighted by Gasteiger charge is 2.26. The molecule has 5 heteroatoms. The molecule has 1 aliphatic rings. The number of ether oxygens (including phenoxy) is 1. The Kier molecular flexibility index (Phi) is 3.80. The highest BCUT2D eigenvalue weighted by Crippen LogP contribution is 2.32. The van der Waals surface area contributed by atoms with Gasteiger partial charge in [0.25, 0.3) is 0 Å². The zero-order valence-electron chi connectivity index (χ0n) is 10.6. The van der Waals surface area contributed by atoms with Crippen LogP contribution in [0, 0.1) is 5.92 Å². The van der Waals surface area contributed by atoms with Crippen molar-refractivity contribution in [3.05, 3.63) is 18.2 Å². The van der Waals surface area contributed by atoms with Crippen molar-refractivity contribution in [2.45, 2.75) is 30.6 Å². The lowest BCUT2D eigenvalue weighted by molar-refractivity contribution is 0.402. The Labute approximate surface area is 108 Å². The summed E-state index contributed by atoms with van der Waals surface area (Å²) in [6, 6.07) is 4.70. The largest absolute Gasteiger partial charge is 0.495 e. The fourth-order valence-electron chi connectivity index (χ4n) is 2.52. The van der Waals surface area contributed by atoms with Crippen molar-refractivity contribution < 1.29 is 13.2 Å². The number of hydrogen-bond donors (Lipinski definition) is 1. The van der Waals surface area contributed by atoms with Crippen molar-refractivity contribution in [3.63, 3.8) is 0 Å². The summed E-state index contributed by atoms with van der Waals surface area (Å²) < 4.78 is 29.8. The van der Waals surface area contributed by atoms with Gasteiger partial charge in [-0.3, -0.25) is 0 Å². The molecule has 0 atom stereocenters. The highest BCUT2D eigenvalue weighted by atomic mass is 32.2. The number of benzene rings is 1. The lowest BCUT2D eigenvalue weighted by Gasteiger charge is -2.13. The standard InChI is InChI=1S/C13H19NO3S/c1-17-12-8-11(14)6-7-13(12)18(15,16)9-10-4-2-3-5-10/h6-8,10H,2-5,9,14H2,1H3. The second kappa shape index (κ2) is 5.18.